The Kier molecular flexibility index (Phi) is 9.70. The fourth-order valence-corrected chi connectivity index (χ4v) is 6.57. The first-order chi connectivity index (χ1) is 22.5. The van der Waals surface area contributed by atoms with Crippen LogP contribution < -0.4 is 20.1 Å². The molecule has 0 spiro atoms. The Labute approximate surface area is 275 Å². The van der Waals surface area contributed by atoms with Crippen LogP contribution in [0.25, 0.3) is 21.9 Å². The Morgan fingerprint density at radius 2 is 1.92 bits per heavy atom. The summed E-state index contributed by atoms with van der Waals surface area (Å²) in [7, 11) is -4.70. The number of halogens is 2. The van der Waals surface area contributed by atoms with Gasteiger partial charge in [-0.1, -0.05) is 57.2 Å². The third-order valence-electron chi connectivity index (χ3n) is 7.43. The van der Waals surface area contributed by atoms with Crippen LogP contribution >= 0.6 is 7.75 Å². The second kappa shape index (κ2) is 13.2. The van der Waals surface area contributed by atoms with Crippen molar-refractivity contribution < 1.29 is 46.5 Å². The van der Waals surface area contributed by atoms with Gasteiger partial charge in [0, 0.05) is 5.39 Å². The van der Waals surface area contributed by atoms with Crippen LogP contribution in [0.1, 0.15) is 47.8 Å². The van der Waals surface area contributed by atoms with Gasteiger partial charge in [-0.3, -0.25) is 13.9 Å². The largest absolute Gasteiger partial charge is 0.476 e. The van der Waals surface area contributed by atoms with Crippen LogP contribution in [0.4, 0.5) is 14.7 Å². The van der Waals surface area contributed by atoms with Gasteiger partial charge < -0.3 is 29.6 Å². The molecule has 0 bridgehead atoms. The van der Waals surface area contributed by atoms with Crippen molar-refractivity contribution in [2.45, 2.75) is 71.4 Å². The molecule has 2 aromatic carbocycles. The highest BCUT2D eigenvalue weighted by Crippen LogP contribution is 2.52. The maximum atomic E-state index is 16.5. The minimum atomic E-state index is -4.70. The van der Waals surface area contributed by atoms with Gasteiger partial charge in [0.2, 0.25) is 11.8 Å². The number of esters is 1. The first-order valence-electron chi connectivity index (χ1n) is 15.2. The van der Waals surface area contributed by atoms with E-state index in [4.69, 9.17) is 29.0 Å². The zero-order valence-corrected chi connectivity index (χ0v) is 28.2. The third-order valence-corrected chi connectivity index (χ3v) is 9.04. The molecule has 0 saturated carbocycles. The van der Waals surface area contributed by atoms with E-state index in [1.54, 1.807) is 43.3 Å². The lowest BCUT2D eigenvalue weighted by Crippen LogP contribution is -2.47. The number of carbonyl (C=O) groups excluding carboxylic acids is 1. The Morgan fingerprint density at radius 1 is 1.21 bits per heavy atom. The van der Waals surface area contributed by atoms with E-state index in [0.717, 1.165) is 23.2 Å². The fourth-order valence-electron chi connectivity index (χ4n) is 5.05. The van der Waals surface area contributed by atoms with E-state index in [1.807, 2.05) is 20.8 Å². The van der Waals surface area contributed by atoms with Crippen molar-refractivity contribution in [3.63, 3.8) is 0 Å². The van der Waals surface area contributed by atoms with E-state index in [1.165, 1.54) is 13.0 Å². The molecule has 6 atom stereocenters. The van der Waals surface area contributed by atoms with E-state index in [9.17, 15) is 14.5 Å². The van der Waals surface area contributed by atoms with Crippen molar-refractivity contribution in [2.75, 3.05) is 25.6 Å². The third kappa shape index (κ3) is 7.22. The van der Waals surface area contributed by atoms with E-state index >= 15 is 8.78 Å². The van der Waals surface area contributed by atoms with Gasteiger partial charge in [-0.05, 0) is 37.6 Å². The molecule has 48 heavy (non-hydrogen) atoms. The highest BCUT2D eigenvalue weighted by atomic mass is 31.2. The minimum absolute atomic E-state index is 0.0143. The molecule has 260 valence electrons. The van der Waals surface area contributed by atoms with Crippen LogP contribution in [0.2, 0.25) is 0 Å². The molecule has 1 saturated heterocycles. The number of rotatable bonds is 12. The number of alkyl halides is 2. The molecule has 0 radical (unpaired) electrons. The number of nitrogens with one attached hydrogen (secondary N) is 1. The molecule has 1 aliphatic heterocycles. The fraction of sp³-hybridized carbons (Fsp3) is 0.484. The number of fused-ring (bicyclic) bond motifs is 2. The summed E-state index contributed by atoms with van der Waals surface area (Å²) in [5.74, 6) is -4.20. The minimum Gasteiger partial charge on any atom is -0.476 e. The van der Waals surface area contributed by atoms with Gasteiger partial charge in [-0.25, -0.2) is 18.3 Å². The summed E-state index contributed by atoms with van der Waals surface area (Å²) < 4.78 is 75.8. The number of imidazole rings is 1. The molecular weight excluding hydrogens is 653 g/mol. The van der Waals surface area contributed by atoms with E-state index < -0.39 is 50.2 Å². The summed E-state index contributed by atoms with van der Waals surface area (Å²) in [6, 6.07) is 10.7. The number of hydrogen-bond donors (Lipinski definition) is 3. The molecule has 5 rings (SSSR count). The number of nitrogen functional groups attached to an aromatic ring is 1. The van der Waals surface area contributed by atoms with E-state index in [0.29, 0.717) is 5.39 Å². The van der Waals surface area contributed by atoms with Gasteiger partial charge in [-0.2, -0.15) is 15.1 Å². The van der Waals surface area contributed by atoms with Gasteiger partial charge in [0.1, 0.15) is 18.4 Å². The molecule has 1 aliphatic rings. The Balaban J connectivity index is 1.44. The van der Waals surface area contributed by atoms with Crippen LogP contribution in [0.5, 0.6) is 11.6 Å². The second-order valence-electron chi connectivity index (χ2n) is 12.8. The molecule has 0 aliphatic carbocycles. The monoisotopic (exact) mass is 692 g/mol. The zero-order valence-electron chi connectivity index (χ0n) is 27.3. The predicted octanol–water partition coefficient (Wildman–Crippen LogP) is 5.02. The SMILES string of the molecule is CCOc1nc(N)nc2c1ncn2C1OC(F)(COP(=O)(NC(C)C(=O)OCC(C)(C)C)Oc2cccc3ccccc23)C(O)C1(C)F. The molecule has 14 nitrogen and oxygen atoms in total. The summed E-state index contributed by atoms with van der Waals surface area (Å²) in [6.45, 7) is 8.56. The number of nitrogens with two attached hydrogens (primary N) is 1. The molecule has 6 unspecified atom stereocenters. The second-order valence-corrected chi connectivity index (χ2v) is 14.5. The standard InChI is InChI=1S/C31H39F2N6O8P/c1-7-43-24-22-23(36-28(34)37-24)39(17-35-22)27-30(6,32)26(41)31(33,46-27)16-45-48(42,38-18(2)25(40)44-15-29(3,4)5)47-21-14-10-12-19-11-8-9-13-20(19)21/h8-14,17-18,26-27,41H,7,15-16H2,1-6H3,(H,38,42)(H2,34,36,37). The van der Waals surface area contributed by atoms with Crippen molar-refractivity contribution >= 4 is 41.6 Å². The molecule has 17 heteroatoms. The number of ether oxygens (including phenoxy) is 3. The number of hydrogen-bond acceptors (Lipinski definition) is 12. The normalized spacial score (nSPS) is 24.8. The quantitative estimate of drug-likeness (QED) is 0.133. The van der Waals surface area contributed by atoms with Crippen molar-refractivity contribution in [2.24, 2.45) is 5.41 Å². The summed E-state index contributed by atoms with van der Waals surface area (Å²) in [6.07, 6.45) is -3.21. The Morgan fingerprint density at radius 3 is 2.62 bits per heavy atom. The molecule has 0 amide bonds. The lowest BCUT2D eigenvalue weighted by molar-refractivity contribution is -0.202. The van der Waals surface area contributed by atoms with Crippen molar-refractivity contribution in [1.82, 2.24) is 24.6 Å². The summed E-state index contributed by atoms with van der Waals surface area (Å²) >= 11 is 0. The Bertz CT molecular complexity index is 1850. The number of carbonyl (C=O) groups is 1. The highest BCUT2D eigenvalue weighted by molar-refractivity contribution is 7.52. The lowest BCUT2D eigenvalue weighted by atomic mass is 9.97. The van der Waals surface area contributed by atoms with Crippen LogP contribution in [-0.4, -0.2) is 74.1 Å². The van der Waals surface area contributed by atoms with Crippen molar-refractivity contribution in [3.8, 4) is 11.6 Å². The van der Waals surface area contributed by atoms with Gasteiger partial charge in [0.05, 0.1) is 19.5 Å². The number of nitrogens with zero attached hydrogens (tertiary/aromatic N) is 4. The van der Waals surface area contributed by atoms with Crippen molar-refractivity contribution in [1.29, 1.82) is 0 Å². The first-order valence-corrected chi connectivity index (χ1v) is 16.7. The molecule has 2 aromatic heterocycles. The van der Waals surface area contributed by atoms with Gasteiger partial charge in [0.15, 0.2) is 29.2 Å². The van der Waals surface area contributed by atoms with Gasteiger partial charge in [0.25, 0.3) is 5.85 Å². The maximum Gasteiger partial charge on any atom is 0.459 e. The molecule has 4 N–H and O–H groups in total. The summed E-state index contributed by atoms with van der Waals surface area (Å²) in [5.41, 5.74) is 2.70. The highest BCUT2D eigenvalue weighted by Gasteiger charge is 2.65. The van der Waals surface area contributed by atoms with Gasteiger partial charge >= 0.3 is 13.7 Å². The van der Waals surface area contributed by atoms with Crippen LogP contribution in [-0.2, 0) is 23.4 Å². The molecule has 3 heterocycles. The average molecular weight is 693 g/mol. The van der Waals surface area contributed by atoms with Gasteiger partial charge in [-0.15, -0.1) is 0 Å². The topological polar surface area (TPSA) is 182 Å². The number of anilines is 1. The summed E-state index contributed by atoms with van der Waals surface area (Å²) in [5, 5.41) is 14.7. The average Bonchev–Trinajstić information content (AvgIpc) is 3.51. The maximum absolute atomic E-state index is 16.5. The van der Waals surface area contributed by atoms with E-state index in [2.05, 4.69) is 20.0 Å². The Hall–Kier alpha value is -3.95. The molecule has 1 fully saturated rings. The first kappa shape index (κ1) is 35.4. The van der Waals surface area contributed by atoms with Crippen molar-refractivity contribution in [3.05, 3.63) is 48.8 Å². The van der Waals surface area contributed by atoms with Crippen LogP contribution in [0.3, 0.4) is 0 Å². The number of aromatic nitrogens is 4. The van der Waals surface area contributed by atoms with E-state index in [-0.39, 0.29) is 47.4 Å². The molecular formula is C31H39F2N6O8P. The van der Waals surface area contributed by atoms with Crippen LogP contribution in [0.15, 0.2) is 48.8 Å². The number of benzene rings is 2. The summed E-state index contributed by atoms with van der Waals surface area (Å²) in [4.78, 5) is 25.0. The smallest absolute Gasteiger partial charge is 0.459 e. The molecule has 4 aromatic rings. The zero-order chi connectivity index (χ0) is 35.1. The number of aliphatic hydroxyl groups is 1. The predicted molar refractivity (Wildman–Crippen MR) is 172 cm³/mol. The van der Waals surface area contributed by atoms with Crippen LogP contribution in [0, 0.1) is 5.41 Å². The number of aliphatic hydroxyl groups excluding tert-OH is 1. The lowest BCUT2D eigenvalue weighted by Gasteiger charge is -2.28.